The van der Waals surface area contributed by atoms with Crippen molar-refractivity contribution in [2.24, 2.45) is 0 Å². The van der Waals surface area contributed by atoms with Crippen LogP contribution in [0.4, 0.5) is 5.95 Å². The number of aromatic hydroxyl groups is 1. The highest BCUT2D eigenvalue weighted by Gasteiger charge is 2.34. The van der Waals surface area contributed by atoms with Gasteiger partial charge in [-0.15, -0.1) is 5.10 Å². The highest BCUT2D eigenvalue weighted by molar-refractivity contribution is 7.87. The predicted molar refractivity (Wildman–Crippen MR) is 89.5 cm³/mol. The minimum absolute atomic E-state index is 0.125. The lowest BCUT2D eigenvalue weighted by Crippen LogP contribution is -2.42. The quantitative estimate of drug-likeness (QED) is 0.748. The Kier molecular flexibility index (Phi) is 5.15. The number of benzene rings is 1. The lowest BCUT2D eigenvalue weighted by molar-refractivity contribution is -0.117. The lowest BCUT2D eigenvalue weighted by atomic mass is 10.2. The van der Waals surface area contributed by atoms with Gasteiger partial charge in [-0.25, -0.2) is 0 Å². The molecule has 0 radical (unpaired) electrons. The summed E-state index contributed by atoms with van der Waals surface area (Å²) in [6.07, 6.45) is 0.745. The third kappa shape index (κ3) is 3.95. The fourth-order valence-electron chi connectivity index (χ4n) is 1.86. The average molecular weight is 336 g/mol. The highest BCUT2D eigenvalue weighted by atomic mass is 32.2. The first-order chi connectivity index (χ1) is 10.8. The molecule has 1 aromatic heterocycles. The first-order valence-electron chi connectivity index (χ1n) is 7.26. The second kappa shape index (κ2) is 6.91. The maximum atomic E-state index is 12.3. The Labute approximate surface area is 137 Å². The van der Waals surface area contributed by atoms with E-state index >= 15 is 0 Å². The zero-order valence-electron chi connectivity index (χ0n) is 13.3. The van der Waals surface area contributed by atoms with E-state index in [2.05, 4.69) is 20.5 Å². The van der Waals surface area contributed by atoms with Crippen LogP contribution in [0.25, 0.3) is 11.4 Å². The number of carbonyl (C=O) groups is 1. The number of nitrogens with zero attached hydrogens (tertiary/aromatic N) is 2. The van der Waals surface area contributed by atoms with Crippen molar-refractivity contribution in [1.82, 2.24) is 15.2 Å². The highest BCUT2D eigenvalue weighted by Crippen LogP contribution is 2.20. The van der Waals surface area contributed by atoms with Crippen molar-refractivity contribution < 1.29 is 14.1 Å². The Morgan fingerprint density at radius 1 is 1.35 bits per heavy atom. The number of phenols is 1. The Morgan fingerprint density at radius 2 is 2.00 bits per heavy atom. The molecule has 124 valence electrons. The van der Waals surface area contributed by atoms with Gasteiger partial charge in [0.05, 0.1) is 0 Å². The standard InChI is InChI=1S/C15H20N4O3S/c1-4-9-23(22)15(2,3)13(21)17-14-16-12(18-19-14)10-5-7-11(20)8-6-10/h5-8,20H,4,9H2,1-3H3,(H2,16,17,18,19,21). The SMILES string of the molecule is CCCS(=O)C(C)(C)C(=O)Nc1n[nH]c(-c2ccc(O)cc2)n1. The number of hydrogen-bond donors (Lipinski definition) is 3. The molecular weight excluding hydrogens is 316 g/mol. The molecule has 0 bridgehead atoms. The van der Waals surface area contributed by atoms with E-state index in [4.69, 9.17) is 0 Å². The zero-order valence-corrected chi connectivity index (χ0v) is 14.1. The fourth-order valence-corrected chi connectivity index (χ4v) is 3.00. The molecule has 0 saturated carbocycles. The van der Waals surface area contributed by atoms with Gasteiger partial charge in [0.25, 0.3) is 0 Å². The van der Waals surface area contributed by atoms with Crippen LogP contribution in [-0.4, -0.2) is 40.9 Å². The number of anilines is 1. The van der Waals surface area contributed by atoms with Gasteiger partial charge in [-0.3, -0.25) is 19.4 Å². The molecular formula is C15H20N4O3S. The maximum absolute atomic E-state index is 12.3. The van der Waals surface area contributed by atoms with Crippen molar-refractivity contribution in [3.63, 3.8) is 0 Å². The predicted octanol–water partition coefficient (Wildman–Crippen LogP) is 2.05. The number of H-pyrrole nitrogens is 1. The van der Waals surface area contributed by atoms with Crippen LogP contribution in [0.2, 0.25) is 0 Å². The van der Waals surface area contributed by atoms with Crippen LogP contribution in [0.3, 0.4) is 0 Å². The molecule has 0 saturated heterocycles. The summed E-state index contributed by atoms with van der Waals surface area (Å²) in [6, 6.07) is 6.43. The van der Waals surface area contributed by atoms with Crippen molar-refractivity contribution in [3.05, 3.63) is 24.3 Å². The first kappa shape index (κ1) is 17.1. The molecule has 23 heavy (non-hydrogen) atoms. The molecule has 2 rings (SSSR count). The summed E-state index contributed by atoms with van der Waals surface area (Å²) < 4.78 is 11.1. The smallest absolute Gasteiger partial charge is 0.249 e. The van der Waals surface area contributed by atoms with E-state index < -0.39 is 15.5 Å². The number of carbonyl (C=O) groups excluding carboxylic acids is 1. The van der Waals surface area contributed by atoms with Crippen molar-refractivity contribution in [3.8, 4) is 17.1 Å². The molecule has 0 aliphatic carbocycles. The minimum atomic E-state index is -1.27. The fraction of sp³-hybridized carbons (Fsp3) is 0.400. The van der Waals surface area contributed by atoms with E-state index in [1.807, 2.05) is 6.92 Å². The van der Waals surface area contributed by atoms with Crippen LogP contribution >= 0.6 is 0 Å². The van der Waals surface area contributed by atoms with E-state index in [9.17, 15) is 14.1 Å². The van der Waals surface area contributed by atoms with Crippen LogP contribution in [0.15, 0.2) is 24.3 Å². The summed E-state index contributed by atoms with van der Waals surface area (Å²) in [5, 5.41) is 18.5. The molecule has 1 aromatic carbocycles. The van der Waals surface area contributed by atoms with Crippen molar-refractivity contribution in [2.45, 2.75) is 31.9 Å². The molecule has 0 spiro atoms. The van der Waals surface area contributed by atoms with E-state index in [-0.39, 0.29) is 17.6 Å². The summed E-state index contributed by atoms with van der Waals surface area (Å²) in [5.41, 5.74) is 0.726. The first-order valence-corrected chi connectivity index (χ1v) is 8.58. The average Bonchev–Trinajstić information content (AvgIpc) is 2.96. The number of aromatic nitrogens is 3. The number of hydrogen-bond acceptors (Lipinski definition) is 5. The van der Waals surface area contributed by atoms with Gasteiger partial charge in [0.15, 0.2) is 5.82 Å². The van der Waals surface area contributed by atoms with Crippen molar-refractivity contribution in [2.75, 3.05) is 11.1 Å². The molecule has 2 aromatic rings. The van der Waals surface area contributed by atoms with Crippen LogP contribution in [0.1, 0.15) is 27.2 Å². The molecule has 1 heterocycles. The number of rotatable bonds is 6. The summed E-state index contributed by atoms with van der Waals surface area (Å²) in [4.78, 5) is 16.5. The number of amides is 1. The van der Waals surface area contributed by atoms with Crippen LogP contribution in [0.5, 0.6) is 5.75 Å². The van der Waals surface area contributed by atoms with Gasteiger partial charge >= 0.3 is 0 Å². The summed E-state index contributed by atoms with van der Waals surface area (Å²) in [6.45, 7) is 5.20. The van der Waals surface area contributed by atoms with Crippen LogP contribution < -0.4 is 5.32 Å². The van der Waals surface area contributed by atoms with E-state index in [1.54, 1.807) is 26.0 Å². The molecule has 7 nitrogen and oxygen atoms in total. The summed E-state index contributed by atoms with van der Waals surface area (Å²) in [5.74, 6) is 0.822. The van der Waals surface area contributed by atoms with E-state index in [1.165, 1.54) is 12.1 Å². The Morgan fingerprint density at radius 3 is 2.61 bits per heavy atom. The molecule has 1 atom stereocenters. The van der Waals surface area contributed by atoms with Crippen molar-refractivity contribution in [1.29, 1.82) is 0 Å². The molecule has 8 heteroatoms. The Balaban J connectivity index is 2.11. The van der Waals surface area contributed by atoms with Gasteiger partial charge in [-0.2, -0.15) is 4.98 Å². The van der Waals surface area contributed by atoms with Crippen LogP contribution in [0, 0.1) is 0 Å². The number of phenolic OH excluding ortho intramolecular Hbond substituents is 1. The monoisotopic (exact) mass is 336 g/mol. The minimum Gasteiger partial charge on any atom is -0.508 e. The van der Waals surface area contributed by atoms with Gasteiger partial charge in [-0.1, -0.05) is 6.92 Å². The molecule has 1 unspecified atom stereocenters. The second-order valence-electron chi connectivity index (χ2n) is 5.57. The third-order valence-electron chi connectivity index (χ3n) is 3.36. The van der Waals surface area contributed by atoms with Gasteiger partial charge in [0.1, 0.15) is 10.5 Å². The van der Waals surface area contributed by atoms with Gasteiger partial charge in [-0.05, 0) is 44.5 Å². The van der Waals surface area contributed by atoms with Gasteiger partial charge < -0.3 is 5.11 Å². The third-order valence-corrected chi connectivity index (χ3v) is 5.46. The van der Waals surface area contributed by atoms with Gasteiger partial charge in [0, 0.05) is 22.1 Å². The number of aromatic amines is 1. The Bertz CT molecular complexity index is 710. The Hall–Kier alpha value is -2.22. The summed E-state index contributed by atoms with van der Waals surface area (Å²) >= 11 is 0. The molecule has 0 aliphatic heterocycles. The molecule has 0 aliphatic rings. The molecule has 1 amide bonds. The van der Waals surface area contributed by atoms with Crippen LogP contribution in [-0.2, 0) is 15.6 Å². The van der Waals surface area contributed by atoms with E-state index in [0.717, 1.165) is 12.0 Å². The lowest BCUT2D eigenvalue weighted by Gasteiger charge is -2.21. The number of nitrogens with one attached hydrogen (secondary N) is 2. The molecule has 0 fully saturated rings. The molecule has 3 N–H and O–H groups in total. The second-order valence-corrected chi connectivity index (χ2v) is 7.69. The van der Waals surface area contributed by atoms with Gasteiger partial charge in [0.2, 0.25) is 11.9 Å². The summed E-state index contributed by atoms with van der Waals surface area (Å²) in [7, 11) is -1.27. The zero-order chi connectivity index (χ0) is 17.0. The maximum Gasteiger partial charge on any atom is 0.249 e. The van der Waals surface area contributed by atoms with E-state index in [0.29, 0.717) is 11.6 Å². The normalized spacial score (nSPS) is 12.8. The largest absolute Gasteiger partial charge is 0.508 e. The van der Waals surface area contributed by atoms with Crippen molar-refractivity contribution >= 4 is 22.7 Å². The topological polar surface area (TPSA) is 108 Å².